The number of nitrogens with zero attached hydrogens (tertiary/aromatic N) is 2. The van der Waals surface area contributed by atoms with Crippen molar-refractivity contribution in [3.8, 4) is 11.3 Å². The van der Waals surface area contributed by atoms with Crippen LogP contribution in [0.3, 0.4) is 0 Å². The summed E-state index contributed by atoms with van der Waals surface area (Å²) in [6.45, 7) is 1.82. The lowest BCUT2D eigenvalue weighted by Gasteiger charge is -2.11. The Kier molecular flexibility index (Phi) is 5.50. The maximum atomic E-state index is 13.4. The predicted molar refractivity (Wildman–Crippen MR) is 117 cm³/mol. The first-order valence-corrected chi connectivity index (χ1v) is 11.5. The molecular formula is C22H17ClN2O2S2. The zero-order valence-electron chi connectivity index (χ0n) is 15.5. The Labute approximate surface area is 179 Å². The van der Waals surface area contributed by atoms with Gasteiger partial charge in [0, 0.05) is 15.5 Å². The smallest absolute Gasteiger partial charge is 0.199 e. The average molecular weight is 441 g/mol. The molecule has 0 unspecified atom stereocenters. The number of hydrogen-bond donors (Lipinski definition) is 0. The molecule has 0 bridgehead atoms. The normalized spacial score (nSPS) is 11.5. The SMILES string of the molecule is Cc1nn(S(=O)(=O)c2ccc(Cl)cc2)c(-c2ccccc2)c1Sc1ccccc1. The first-order valence-electron chi connectivity index (χ1n) is 8.86. The highest BCUT2D eigenvalue weighted by Crippen LogP contribution is 2.39. The number of rotatable bonds is 5. The van der Waals surface area contributed by atoms with E-state index in [4.69, 9.17) is 11.6 Å². The van der Waals surface area contributed by atoms with Gasteiger partial charge in [0.15, 0.2) is 0 Å². The van der Waals surface area contributed by atoms with Crippen molar-refractivity contribution in [3.05, 3.63) is 95.6 Å². The van der Waals surface area contributed by atoms with Gasteiger partial charge in [0.05, 0.1) is 15.5 Å². The Morgan fingerprint density at radius 1 is 0.862 bits per heavy atom. The van der Waals surface area contributed by atoms with Crippen LogP contribution in [0, 0.1) is 6.92 Å². The third-order valence-electron chi connectivity index (χ3n) is 4.33. The number of hydrogen-bond acceptors (Lipinski definition) is 4. The third kappa shape index (κ3) is 3.96. The maximum absolute atomic E-state index is 13.4. The van der Waals surface area contributed by atoms with Crippen LogP contribution < -0.4 is 0 Å². The first-order chi connectivity index (χ1) is 14.0. The summed E-state index contributed by atoms with van der Waals surface area (Å²) in [5.74, 6) is 0. The van der Waals surface area contributed by atoms with Crippen molar-refractivity contribution in [1.29, 1.82) is 0 Å². The van der Waals surface area contributed by atoms with Crippen molar-refractivity contribution in [3.63, 3.8) is 0 Å². The van der Waals surface area contributed by atoms with Crippen molar-refractivity contribution in [2.24, 2.45) is 0 Å². The number of aryl methyl sites for hydroxylation is 1. The van der Waals surface area contributed by atoms with Crippen LogP contribution in [0.5, 0.6) is 0 Å². The van der Waals surface area contributed by atoms with Gasteiger partial charge in [-0.15, -0.1) is 0 Å². The van der Waals surface area contributed by atoms with Crippen LogP contribution in [0.25, 0.3) is 11.3 Å². The zero-order valence-corrected chi connectivity index (χ0v) is 17.9. The molecule has 0 atom stereocenters. The molecule has 4 aromatic rings. The first kappa shape index (κ1) is 19.8. The van der Waals surface area contributed by atoms with Crippen LogP contribution in [0.1, 0.15) is 5.69 Å². The van der Waals surface area contributed by atoms with Crippen LogP contribution in [-0.4, -0.2) is 17.6 Å². The van der Waals surface area contributed by atoms with Crippen molar-refractivity contribution >= 4 is 33.4 Å². The van der Waals surface area contributed by atoms with Crippen LogP contribution >= 0.6 is 23.4 Å². The van der Waals surface area contributed by atoms with Crippen LogP contribution in [0.2, 0.25) is 5.02 Å². The van der Waals surface area contributed by atoms with E-state index < -0.39 is 10.0 Å². The molecule has 0 amide bonds. The van der Waals surface area contributed by atoms with E-state index in [1.165, 1.54) is 23.9 Å². The molecule has 1 aromatic heterocycles. The summed E-state index contributed by atoms with van der Waals surface area (Å²) in [6, 6.07) is 25.4. The highest BCUT2D eigenvalue weighted by atomic mass is 35.5. The molecule has 0 aliphatic heterocycles. The largest absolute Gasteiger partial charge is 0.283 e. The van der Waals surface area contributed by atoms with Crippen LogP contribution in [0.4, 0.5) is 0 Å². The Bertz CT molecular complexity index is 1240. The minimum atomic E-state index is -3.89. The maximum Gasteiger partial charge on any atom is 0.283 e. The van der Waals surface area contributed by atoms with Crippen molar-refractivity contribution in [2.45, 2.75) is 21.6 Å². The van der Waals surface area contributed by atoms with E-state index in [9.17, 15) is 8.42 Å². The molecule has 0 aliphatic carbocycles. The fraction of sp³-hybridized carbons (Fsp3) is 0.0455. The molecule has 0 aliphatic rings. The van der Waals surface area contributed by atoms with Gasteiger partial charge in [-0.1, -0.05) is 71.9 Å². The molecule has 4 nitrogen and oxygen atoms in total. The van der Waals surface area contributed by atoms with E-state index in [-0.39, 0.29) is 4.90 Å². The summed E-state index contributed by atoms with van der Waals surface area (Å²) in [6.07, 6.45) is 0. The Hall–Kier alpha value is -2.54. The molecule has 0 saturated heterocycles. The second-order valence-electron chi connectivity index (χ2n) is 6.35. The summed E-state index contributed by atoms with van der Waals surface area (Å²) < 4.78 is 27.9. The van der Waals surface area contributed by atoms with E-state index in [1.807, 2.05) is 67.6 Å². The fourth-order valence-corrected chi connectivity index (χ4v) is 5.49. The summed E-state index contributed by atoms with van der Waals surface area (Å²) in [5.41, 5.74) is 1.98. The molecule has 3 aromatic carbocycles. The number of halogens is 1. The van der Waals surface area contributed by atoms with Gasteiger partial charge in [-0.05, 0) is 43.3 Å². The van der Waals surface area contributed by atoms with E-state index in [0.717, 1.165) is 19.4 Å². The Morgan fingerprint density at radius 3 is 2.07 bits per heavy atom. The van der Waals surface area contributed by atoms with Crippen molar-refractivity contribution < 1.29 is 8.42 Å². The van der Waals surface area contributed by atoms with E-state index in [1.54, 1.807) is 12.1 Å². The minimum absolute atomic E-state index is 0.137. The van der Waals surface area contributed by atoms with Gasteiger partial charge in [0.1, 0.15) is 5.69 Å². The highest BCUT2D eigenvalue weighted by molar-refractivity contribution is 7.99. The molecular weight excluding hydrogens is 424 g/mol. The van der Waals surface area contributed by atoms with Gasteiger partial charge >= 0.3 is 0 Å². The van der Waals surface area contributed by atoms with Gasteiger partial charge in [0.2, 0.25) is 0 Å². The Balaban J connectivity index is 1.93. The lowest BCUT2D eigenvalue weighted by atomic mass is 10.1. The highest BCUT2D eigenvalue weighted by Gasteiger charge is 2.27. The van der Waals surface area contributed by atoms with Crippen LogP contribution in [-0.2, 0) is 10.0 Å². The zero-order chi connectivity index (χ0) is 20.4. The second kappa shape index (κ2) is 8.06. The van der Waals surface area contributed by atoms with Crippen molar-refractivity contribution in [1.82, 2.24) is 9.19 Å². The Morgan fingerprint density at radius 2 is 1.45 bits per heavy atom. The summed E-state index contributed by atoms with van der Waals surface area (Å²) in [4.78, 5) is 1.95. The number of benzene rings is 3. The van der Waals surface area contributed by atoms with Gasteiger partial charge in [-0.25, -0.2) is 0 Å². The standard InChI is InChI=1S/C22H17ClN2O2S2/c1-16-22(28-19-10-6-3-7-11-19)21(17-8-4-2-5-9-17)25(24-16)29(26,27)20-14-12-18(23)13-15-20/h2-15H,1H3. The third-order valence-corrected chi connectivity index (χ3v) is 7.37. The molecule has 1 heterocycles. The van der Waals surface area contributed by atoms with E-state index in [0.29, 0.717) is 16.4 Å². The molecule has 4 rings (SSSR count). The molecule has 0 radical (unpaired) electrons. The lowest BCUT2D eigenvalue weighted by molar-refractivity contribution is 0.580. The molecule has 0 fully saturated rings. The average Bonchev–Trinajstić information content (AvgIpc) is 3.07. The summed E-state index contributed by atoms with van der Waals surface area (Å²) in [5, 5.41) is 4.90. The minimum Gasteiger partial charge on any atom is -0.199 e. The molecule has 0 spiro atoms. The van der Waals surface area contributed by atoms with Gasteiger partial charge < -0.3 is 0 Å². The second-order valence-corrected chi connectivity index (χ2v) is 9.63. The molecule has 29 heavy (non-hydrogen) atoms. The van der Waals surface area contributed by atoms with E-state index >= 15 is 0 Å². The lowest BCUT2D eigenvalue weighted by Crippen LogP contribution is -2.16. The molecule has 0 saturated carbocycles. The van der Waals surface area contributed by atoms with E-state index in [2.05, 4.69) is 5.10 Å². The predicted octanol–water partition coefficient (Wildman–Crippen LogP) is 5.90. The fourth-order valence-electron chi connectivity index (χ4n) is 2.94. The van der Waals surface area contributed by atoms with Crippen LogP contribution in [0.15, 0.2) is 99.6 Å². The van der Waals surface area contributed by atoms with Gasteiger partial charge in [-0.2, -0.15) is 17.6 Å². The topological polar surface area (TPSA) is 52.0 Å². The molecule has 7 heteroatoms. The van der Waals surface area contributed by atoms with Gasteiger partial charge in [0.25, 0.3) is 10.0 Å². The molecule has 0 N–H and O–H groups in total. The number of aromatic nitrogens is 2. The summed E-state index contributed by atoms with van der Waals surface area (Å²) in [7, 11) is -3.89. The van der Waals surface area contributed by atoms with Crippen molar-refractivity contribution in [2.75, 3.05) is 0 Å². The van der Waals surface area contributed by atoms with Gasteiger partial charge in [-0.3, -0.25) is 0 Å². The monoisotopic (exact) mass is 440 g/mol. The molecule has 146 valence electrons. The summed E-state index contributed by atoms with van der Waals surface area (Å²) >= 11 is 7.44. The quantitative estimate of drug-likeness (QED) is 0.387.